The minimum atomic E-state index is -0.736. The number of hydrogen-bond acceptors (Lipinski definition) is 2. The highest BCUT2D eigenvalue weighted by Gasteiger charge is 2.09. The molecule has 2 aromatic carbocycles. The van der Waals surface area contributed by atoms with E-state index in [1.165, 1.54) is 6.07 Å². The van der Waals surface area contributed by atoms with Crippen LogP contribution in [0.2, 0.25) is 0 Å². The Hall–Kier alpha value is -1.95. The van der Waals surface area contributed by atoms with Gasteiger partial charge in [-0.05, 0) is 30.3 Å². The fraction of sp³-hybridized carbons (Fsp3) is 0.0714. The number of amides is 1. The Morgan fingerprint density at radius 3 is 2.40 bits per heavy atom. The molecule has 0 aliphatic heterocycles. The van der Waals surface area contributed by atoms with E-state index in [0.717, 1.165) is 16.6 Å². The predicted octanol–water partition coefficient (Wildman–Crippen LogP) is 3.78. The van der Waals surface area contributed by atoms with E-state index in [0.29, 0.717) is 5.69 Å². The molecule has 0 unspecified atom stereocenters. The Morgan fingerprint density at radius 1 is 1.10 bits per heavy atom. The van der Waals surface area contributed by atoms with E-state index in [9.17, 15) is 13.6 Å². The summed E-state index contributed by atoms with van der Waals surface area (Å²) in [7, 11) is 0. The molecule has 0 aromatic heterocycles. The molecule has 0 spiro atoms. The van der Waals surface area contributed by atoms with E-state index in [-0.39, 0.29) is 12.2 Å². The number of nitrogens with one attached hydrogen (secondary N) is 2. The van der Waals surface area contributed by atoms with Crippen LogP contribution in [0, 0.1) is 11.6 Å². The minimum Gasteiger partial charge on any atom is -0.371 e. The first-order valence-electron chi connectivity index (χ1n) is 5.79. The maximum Gasteiger partial charge on any atom is 0.243 e. The maximum atomic E-state index is 13.3. The van der Waals surface area contributed by atoms with Crippen LogP contribution in [0.3, 0.4) is 0 Å². The lowest BCUT2D eigenvalue weighted by molar-refractivity contribution is -0.114. The van der Waals surface area contributed by atoms with Crippen LogP contribution in [0.25, 0.3) is 0 Å². The summed E-state index contributed by atoms with van der Waals surface area (Å²) in [4.78, 5) is 11.7. The second-order valence-electron chi connectivity index (χ2n) is 4.01. The fourth-order valence-electron chi connectivity index (χ4n) is 1.61. The minimum absolute atomic E-state index is 0.232. The summed E-state index contributed by atoms with van der Waals surface area (Å²) in [5, 5.41) is 5.06. The number of anilines is 2. The molecule has 2 aromatic rings. The van der Waals surface area contributed by atoms with Crippen molar-refractivity contribution in [1.29, 1.82) is 0 Å². The van der Waals surface area contributed by atoms with Crippen molar-refractivity contribution >= 4 is 33.2 Å². The Balaban J connectivity index is 1.96. The molecule has 1 amide bonds. The third kappa shape index (κ3) is 3.77. The molecule has 0 bridgehead atoms. The van der Waals surface area contributed by atoms with Crippen molar-refractivity contribution in [3.63, 3.8) is 0 Å². The van der Waals surface area contributed by atoms with Gasteiger partial charge in [-0.1, -0.05) is 28.1 Å². The molecule has 0 aliphatic carbocycles. The standard InChI is InChI=1S/C14H11BrF2N2O/c15-9-3-1-4-10(7-9)19-13(20)8-18-14-11(16)5-2-6-12(14)17/h1-7,18H,8H2,(H,19,20). The van der Waals surface area contributed by atoms with E-state index in [2.05, 4.69) is 26.6 Å². The number of benzene rings is 2. The van der Waals surface area contributed by atoms with E-state index < -0.39 is 17.5 Å². The first kappa shape index (κ1) is 14.5. The number of rotatable bonds is 4. The summed E-state index contributed by atoms with van der Waals surface area (Å²) < 4.78 is 27.5. The van der Waals surface area contributed by atoms with Crippen molar-refractivity contribution in [3.05, 3.63) is 58.6 Å². The average Bonchev–Trinajstić information content (AvgIpc) is 2.38. The van der Waals surface area contributed by atoms with Crippen molar-refractivity contribution in [2.45, 2.75) is 0 Å². The van der Waals surface area contributed by atoms with Crippen molar-refractivity contribution in [2.24, 2.45) is 0 Å². The topological polar surface area (TPSA) is 41.1 Å². The third-order valence-corrected chi connectivity index (χ3v) is 2.99. The quantitative estimate of drug-likeness (QED) is 0.889. The molecule has 6 heteroatoms. The highest BCUT2D eigenvalue weighted by Crippen LogP contribution is 2.18. The SMILES string of the molecule is O=C(CNc1c(F)cccc1F)Nc1cccc(Br)c1. The molecule has 2 N–H and O–H groups in total. The lowest BCUT2D eigenvalue weighted by Crippen LogP contribution is -2.22. The predicted molar refractivity (Wildman–Crippen MR) is 77.6 cm³/mol. The van der Waals surface area contributed by atoms with Gasteiger partial charge in [0.15, 0.2) is 0 Å². The average molecular weight is 341 g/mol. The van der Waals surface area contributed by atoms with Gasteiger partial charge in [0.25, 0.3) is 0 Å². The molecule has 0 radical (unpaired) electrons. The van der Waals surface area contributed by atoms with Crippen LogP contribution in [0.1, 0.15) is 0 Å². The molecule has 20 heavy (non-hydrogen) atoms. The van der Waals surface area contributed by atoms with Gasteiger partial charge in [-0.15, -0.1) is 0 Å². The first-order chi connectivity index (χ1) is 9.56. The van der Waals surface area contributed by atoms with Gasteiger partial charge in [-0.3, -0.25) is 4.79 Å². The van der Waals surface area contributed by atoms with Crippen molar-refractivity contribution < 1.29 is 13.6 Å². The van der Waals surface area contributed by atoms with Crippen LogP contribution in [-0.2, 0) is 4.79 Å². The van der Waals surface area contributed by atoms with Gasteiger partial charge in [0, 0.05) is 10.2 Å². The number of halogens is 3. The number of para-hydroxylation sites is 1. The second-order valence-corrected chi connectivity index (χ2v) is 4.92. The summed E-state index contributed by atoms with van der Waals surface area (Å²) >= 11 is 3.28. The van der Waals surface area contributed by atoms with Crippen LogP contribution in [0.4, 0.5) is 20.2 Å². The van der Waals surface area contributed by atoms with Gasteiger partial charge >= 0.3 is 0 Å². The Bertz CT molecular complexity index is 614. The zero-order chi connectivity index (χ0) is 14.5. The number of carbonyl (C=O) groups is 1. The smallest absolute Gasteiger partial charge is 0.243 e. The Morgan fingerprint density at radius 2 is 1.75 bits per heavy atom. The Kier molecular flexibility index (Phi) is 4.68. The molecule has 0 aliphatic rings. The van der Waals surface area contributed by atoms with Crippen molar-refractivity contribution in [1.82, 2.24) is 0 Å². The van der Waals surface area contributed by atoms with Crippen LogP contribution < -0.4 is 10.6 Å². The molecule has 2 rings (SSSR count). The first-order valence-corrected chi connectivity index (χ1v) is 6.59. The highest BCUT2D eigenvalue weighted by molar-refractivity contribution is 9.10. The van der Waals surface area contributed by atoms with E-state index in [4.69, 9.17) is 0 Å². The molecule has 0 fully saturated rings. The molecule has 0 atom stereocenters. The van der Waals surface area contributed by atoms with E-state index in [1.54, 1.807) is 18.2 Å². The fourth-order valence-corrected chi connectivity index (χ4v) is 2.01. The number of carbonyl (C=O) groups excluding carboxylic acids is 1. The van der Waals surface area contributed by atoms with Gasteiger partial charge in [-0.25, -0.2) is 8.78 Å². The largest absolute Gasteiger partial charge is 0.371 e. The van der Waals surface area contributed by atoms with E-state index in [1.807, 2.05) is 6.07 Å². The van der Waals surface area contributed by atoms with Crippen molar-refractivity contribution in [3.8, 4) is 0 Å². The maximum absolute atomic E-state index is 13.3. The van der Waals surface area contributed by atoms with Gasteiger partial charge in [0.1, 0.15) is 17.3 Å². The van der Waals surface area contributed by atoms with Crippen molar-refractivity contribution in [2.75, 3.05) is 17.2 Å². The summed E-state index contributed by atoms with van der Waals surface area (Å²) in [5.41, 5.74) is 0.289. The monoisotopic (exact) mass is 340 g/mol. The summed E-state index contributed by atoms with van der Waals surface area (Å²) in [6.45, 7) is -0.232. The second kappa shape index (κ2) is 6.47. The molecule has 0 heterocycles. The lowest BCUT2D eigenvalue weighted by Gasteiger charge is -2.09. The molecular weight excluding hydrogens is 330 g/mol. The molecule has 0 saturated carbocycles. The molecular formula is C14H11BrF2N2O. The summed E-state index contributed by atoms with van der Waals surface area (Å²) in [5.74, 6) is -1.87. The number of hydrogen-bond donors (Lipinski definition) is 2. The van der Waals surface area contributed by atoms with Crippen LogP contribution in [0.5, 0.6) is 0 Å². The zero-order valence-electron chi connectivity index (χ0n) is 10.3. The van der Waals surface area contributed by atoms with Gasteiger partial charge in [0.2, 0.25) is 5.91 Å². The summed E-state index contributed by atoms with van der Waals surface area (Å²) in [6, 6.07) is 10.5. The summed E-state index contributed by atoms with van der Waals surface area (Å²) in [6.07, 6.45) is 0. The van der Waals surface area contributed by atoms with Crippen LogP contribution in [-0.4, -0.2) is 12.5 Å². The van der Waals surface area contributed by atoms with Gasteiger partial charge < -0.3 is 10.6 Å². The van der Waals surface area contributed by atoms with Gasteiger partial charge in [-0.2, -0.15) is 0 Å². The molecule has 0 saturated heterocycles. The van der Waals surface area contributed by atoms with Crippen LogP contribution >= 0.6 is 15.9 Å². The highest BCUT2D eigenvalue weighted by atomic mass is 79.9. The Labute approximate surface area is 123 Å². The normalized spacial score (nSPS) is 10.2. The lowest BCUT2D eigenvalue weighted by atomic mass is 10.3. The third-order valence-electron chi connectivity index (χ3n) is 2.50. The van der Waals surface area contributed by atoms with Gasteiger partial charge in [0.05, 0.1) is 6.54 Å². The zero-order valence-corrected chi connectivity index (χ0v) is 11.9. The molecule has 3 nitrogen and oxygen atoms in total. The molecule has 104 valence electrons. The van der Waals surface area contributed by atoms with E-state index >= 15 is 0 Å². The van der Waals surface area contributed by atoms with Crippen LogP contribution in [0.15, 0.2) is 46.9 Å².